The fraction of sp³-hybridized carbons (Fsp3) is 0. The van der Waals surface area contributed by atoms with E-state index >= 15 is 0 Å². The van der Waals surface area contributed by atoms with Gasteiger partial charge in [-0.2, -0.15) is 0 Å². The van der Waals surface area contributed by atoms with Gasteiger partial charge < -0.3 is 4.57 Å². The van der Waals surface area contributed by atoms with Gasteiger partial charge in [-0.25, -0.2) is 9.97 Å². The molecule has 0 radical (unpaired) electrons. The van der Waals surface area contributed by atoms with Crippen molar-refractivity contribution in [1.82, 2.24) is 14.5 Å². The third-order valence-corrected chi connectivity index (χ3v) is 9.22. The van der Waals surface area contributed by atoms with Gasteiger partial charge in [0.1, 0.15) is 0 Å². The predicted molar refractivity (Wildman–Crippen MR) is 204 cm³/mol. The minimum atomic E-state index is 0.713. The van der Waals surface area contributed by atoms with Crippen LogP contribution in [0, 0.1) is 0 Å². The quantitative estimate of drug-likeness (QED) is 0.184. The second-order valence-electron chi connectivity index (χ2n) is 12.2. The van der Waals surface area contributed by atoms with Crippen LogP contribution in [0.1, 0.15) is 0 Å². The topological polar surface area (TPSA) is 30.7 Å². The first kappa shape index (κ1) is 28.6. The zero-order valence-electron chi connectivity index (χ0n) is 26.7. The van der Waals surface area contributed by atoms with Gasteiger partial charge in [-0.15, -0.1) is 0 Å². The smallest absolute Gasteiger partial charge is 0.160 e. The third-order valence-electron chi connectivity index (χ3n) is 9.22. The first-order valence-electron chi connectivity index (χ1n) is 16.6. The van der Waals surface area contributed by atoms with E-state index in [0.29, 0.717) is 5.82 Å². The Hall–Kier alpha value is -6.58. The predicted octanol–water partition coefficient (Wildman–Crippen LogP) is 11.9. The Kier molecular flexibility index (Phi) is 7.14. The number of nitrogens with zero attached hydrogens (tertiary/aromatic N) is 3. The van der Waals surface area contributed by atoms with Crippen LogP contribution in [0.2, 0.25) is 0 Å². The number of para-hydroxylation sites is 2. The maximum Gasteiger partial charge on any atom is 0.160 e. The maximum absolute atomic E-state index is 5.09. The highest BCUT2D eigenvalue weighted by Gasteiger charge is 2.16. The summed E-state index contributed by atoms with van der Waals surface area (Å²) in [5, 5.41) is 2.50. The van der Waals surface area contributed by atoms with Crippen LogP contribution in [0.25, 0.3) is 83.6 Å². The van der Waals surface area contributed by atoms with Crippen molar-refractivity contribution in [3.8, 4) is 61.8 Å². The average Bonchev–Trinajstić information content (AvgIpc) is 3.52. The Morgan fingerprint density at radius 1 is 0.327 bits per heavy atom. The summed E-state index contributed by atoms with van der Waals surface area (Å²) in [6.45, 7) is 0. The first-order chi connectivity index (χ1) is 24.3. The fourth-order valence-electron chi connectivity index (χ4n) is 6.89. The largest absolute Gasteiger partial charge is 0.309 e. The Balaban J connectivity index is 1.18. The molecule has 7 aromatic carbocycles. The molecule has 230 valence electrons. The first-order valence-corrected chi connectivity index (χ1v) is 16.6. The summed E-state index contributed by atoms with van der Waals surface area (Å²) in [6, 6.07) is 66.2. The van der Waals surface area contributed by atoms with E-state index in [4.69, 9.17) is 9.97 Å². The third kappa shape index (κ3) is 5.28. The zero-order valence-corrected chi connectivity index (χ0v) is 26.7. The summed E-state index contributed by atoms with van der Waals surface area (Å²) in [6.07, 6.45) is 0. The van der Waals surface area contributed by atoms with E-state index in [1.165, 1.54) is 38.5 Å². The average molecular weight is 626 g/mol. The molecule has 0 spiro atoms. The van der Waals surface area contributed by atoms with Crippen molar-refractivity contribution < 1.29 is 0 Å². The molecule has 0 aliphatic carbocycles. The minimum absolute atomic E-state index is 0.713. The highest BCUT2D eigenvalue weighted by atomic mass is 15.0. The fourth-order valence-corrected chi connectivity index (χ4v) is 6.89. The summed E-state index contributed by atoms with van der Waals surface area (Å²) in [5.41, 5.74) is 13.1. The Morgan fingerprint density at radius 2 is 0.857 bits per heavy atom. The van der Waals surface area contributed by atoms with Gasteiger partial charge in [-0.05, 0) is 58.7 Å². The van der Waals surface area contributed by atoms with Crippen molar-refractivity contribution in [2.24, 2.45) is 0 Å². The van der Waals surface area contributed by atoms with Crippen molar-refractivity contribution in [2.45, 2.75) is 0 Å². The van der Waals surface area contributed by atoms with Crippen LogP contribution in [0.5, 0.6) is 0 Å². The number of hydrogen-bond acceptors (Lipinski definition) is 2. The van der Waals surface area contributed by atoms with Crippen molar-refractivity contribution >= 4 is 21.8 Å². The molecular formula is C46H31N3. The van der Waals surface area contributed by atoms with E-state index in [-0.39, 0.29) is 0 Å². The van der Waals surface area contributed by atoms with Gasteiger partial charge in [-0.1, -0.05) is 152 Å². The molecule has 0 unspecified atom stereocenters. The zero-order chi connectivity index (χ0) is 32.6. The summed E-state index contributed by atoms with van der Waals surface area (Å²) >= 11 is 0. The molecule has 0 amide bonds. The summed E-state index contributed by atoms with van der Waals surface area (Å²) < 4.78 is 2.38. The Bertz CT molecular complexity index is 2530. The van der Waals surface area contributed by atoms with Crippen LogP contribution >= 0.6 is 0 Å². The van der Waals surface area contributed by atoms with Crippen LogP contribution in [0.4, 0.5) is 0 Å². The molecule has 0 N–H and O–H groups in total. The van der Waals surface area contributed by atoms with Crippen LogP contribution in [-0.4, -0.2) is 14.5 Å². The van der Waals surface area contributed by atoms with Crippen molar-refractivity contribution in [3.05, 3.63) is 188 Å². The normalized spacial score (nSPS) is 11.3. The number of benzene rings is 7. The van der Waals surface area contributed by atoms with E-state index < -0.39 is 0 Å². The number of rotatable bonds is 6. The van der Waals surface area contributed by atoms with E-state index in [9.17, 15) is 0 Å². The lowest BCUT2D eigenvalue weighted by molar-refractivity contribution is 1.18. The highest BCUT2D eigenvalue weighted by Crippen LogP contribution is 2.39. The summed E-state index contributed by atoms with van der Waals surface area (Å²) in [7, 11) is 0. The molecule has 49 heavy (non-hydrogen) atoms. The molecule has 0 saturated heterocycles. The number of hydrogen-bond donors (Lipinski definition) is 0. The van der Waals surface area contributed by atoms with Gasteiger partial charge >= 0.3 is 0 Å². The molecule has 9 aromatic rings. The standard InChI is InChI=1S/C46H31N3/c1-4-15-32(16-5-1)42-31-43(48-46(47-42)33-17-6-2-7-18-33)36-20-14-19-34(29-36)38-23-10-11-24-39(38)35-27-28-41-40-25-12-13-26-44(40)49(45(41)30-35)37-21-8-3-9-22-37/h1-31H. The Morgan fingerprint density at radius 3 is 1.59 bits per heavy atom. The lowest BCUT2D eigenvalue weighted by atomic mass is 9.92. The summed E-state index contributed by atoms with van der Waals surface area (Å²) in [5.74, 6) is 0.713. The molecule has 2 heterocycles. The number of aromatic nitrogens is 3. The van der Waals surface area contributed by atoms with E-state index in [0.717, 1.165) is 39.3 Å². The van der Waals surface area contributed by atoms with Gasteiger partial charge in [0.2, 0.25) is 0 Å². The molecule has 9 rings (SSSR count). The van der Waals surface area contributed by atoms with Gasteiger partial charge in [0.25, 0.3) is 0 Å². The van der Waals surface area contributed by atoms with Crippen molar-refractivity contribution in [1.29, 1.82) is 0 Å². The molecule has 0 saturated carbocycles. The van der Waals surface area contributed by atoms with Gasteiger partial charge in [0.15, 0.2) is 5.82 Å². The Labute approximate surface area is 285 Å². The second kappa shape index (κ2) is 12.2. The SMILES string of the molecule is c1ccc(-c2cc(-c3cccc(-c4ccccc4-c4ccc5c6ccccc6n(-c6ccccc6)c5c4)c3)nc(-c3ccccc3)n2)cc1. The second-order valence-corrected chi connectivity index (χ2v) is 12.2. The van der Waals surface area contributed by atoms with Crippen LogP contribution in [0.15, 0.2) is 188 Å². The van der Waals surface area contributed by atoms with Crippen LogP contribution in [-0.2, 0) is 0 Å². The molecule has 0 aliphatic rings. The molecule has 0 aliphatic heterocycles. The minimum Gasteiger partial charge on any atom is -0.309 e. The monoisotopic (exact) mass is 625 g/mol. The van der Waals surface area contributed by atoms with E-state index in [1.807, 2.05) is 36.4 Å². The van der Waals surface area contributed by atoms with E-state index in [1.54, 1.807) is 0 Å². The molecule has 2 aromatic heterocycles. The van der Waals surface area contributed by atoms with Crippen LogP contribution < -0.4 is 0 Å². The van der Waals surface area contributed by atoms with Gasteiger partial charge in [0, 0.05) is 33.2 Å². The van der Waals surface area contributed by atoms with Crippen LogP contribution in [0.3, 0.4) is 0 Å². The molecule has 0 fully saturated rings. The molecule has 3 nitrogen and oxygen atoms in total. The number of fused-ring (bicyclic) bond motifs is 3. The maximum atomic E-state index is 5.09. The molecular weight excluding hydrogens is 595 g/mol. The van der Waals surface area contributed by atoms with Gasteiger partial charge in [-0.3, -0.25) is 0 Å². The molecule has 0 bridgehead atoms. The molecule has 3 heteroatoms. The summed E-state index contributed by atoms with van der Waals surface area (Å²) in [4.78, 5) is 10.1. The lowest BCUT2D eigenvalue weighted by Crippen LogP contribution is -1.96. The molecule has 0 atom stereocenters. The lowest BCUT2D eigenvalue weighted by Gasteiger charge is -2.14. The van der Waals surface area contributed by atoms with Gasteiger partial charge in [0.05, 0.1) is 22.4 Å². The van der Waals surface area contributed by atoms with Crippen molar-refractivity contribution in [3.63, 3.8) is 0 Å². The van der Waals surface area contributed by atoms with E-state index in [2.05, 4.69) is 156 Å². The highest BCUT2D eigenvalue weighted by molar-refractivity contribution is 6.10. The van der Waals surface area contributed by atoms with Crippen molar-refractivity contribution in [2.75, 3.05) is 0 Å².